The maximum Gasteiger partial charge on any atom is 0.226 e. The van der Waals surface area contributed by atoms with Gasteiger partial charge in [0, 0.05) is 23.2 Å². The van der Waals surface area contributed by atoms with Gasteiger partial charge in [-0.2, -0.15) is 5.10 Å². The molecule has 2 heterocycles. The molecule has 0 atom stereocenters. The first-order chi connectivity index (χ1) is 12.8. The van der Waals surface area contributed by atoms with Crippen molar-refractivity contribution < 1.29 is 4.74 Å². The summed E-state index contributed by atoms with van der Waals surface area (Å²) in [4.78, 5) is 3.18. The summed E-state index contributed by atoms with van der Waals surface area (Å²) in [6.07, 6.45) is 1.78. The Morgan fingerprint density at radius 2 is 1.96 bits per heavy atom. The summed E-state index contributed by atoms with van der Waals surface area (Å²) in [5, 5.41) is 22.6. The number of fused-ring (bicyclic) bond motifs is 1. The molecule has 2 aromatic heterocycles. The Morgan fingerprint density at radius 3 is 2.81 bits per heavy atom. The second kappa shape index (κ2) is 7.24. The molecular formula is C18H19N7O. The average Bonchev–Trinajstić information content (AvgIpc) is 3.32. The minimum atomic E-state index is 0.581. The van der Waals surface area contributed by atoms with Crippen LogP contribution in [0.15, 0.2) is 48.7 Å². The molecule has 0 unspecified atom stereocenters. The number of hydrogen-bond acceptors (Lipinski definition) is 6. The first kappa shape index (κ1) is 16.1. The summed E-state index contributed by atoms with van der Waals surface area (Å²) in [5.41, 5.74) is 2.84. The zero-order valence-electron chi connectivity index (χ0n) is 14.3. The number of nitrogens with one attached hydrogen (secondary N) is 4. The number of hydrogen-bond donors (Lipinski definition) is 4. The van der Waals surface area contributed by atoms with Crippen LogP contribution in [0.2, 0.25) is 0 Å². The number of rotatable bonds is 7. The first-order valence-electron chi connectivity index (χ1n) is 8.32. The Morgan fingerprint density at radius 1 is 1.08 bits per heavy atom. The van der Waals surface area contributed by atoms with Gasteiger partial charge in [0.1, 0.15) is 12.4 Å². The summed E-state index contributed by atoms with van der Waals surface area (Å²) >= 11 is 0. The van der Waals surface area contributed by atoms with E-state index < -0.39 is 0 Å². The largest absolute Gasteiger partial charge is 0.492 e. The topological polar surface area (TPSA) is 104 Å². The van der Waals surface area contributed by atoms with E-state index in [1.807, 2.05) is 49.5 Å². The van der Waals surface area contributed by atoms with Gasteiger partial charge in [-0.15, -0.1) is 10.2 Å². The highest BCUT2D eigenvalue weighted by atomic mass is 16.5. The van der Waals surface area contributed by atoms with E-state index in [0.717, 1.165) is 34.4 Å². The summed E-state index contributed by atoms with van der Waals surface area (Å²) in [5.74, 6) is 2.10. The van der Waals surface area contributed by atoms with Crippen molar-refractivity contribution in [1.29, 1.82) is 0 Å². The molecular weight excluding hydrogens is 330 g/mol. The van der Waals surface area contributed by atoms with Gasteiger partial charge in [0.05, 0.1) is 11.7 Å². The molecule has 132 valence electrons. The summed E-state index contributed by atoms with van der Waals surface area (Å²) in [6, 6.07) is 13.7. The molecule has 0 fully saturated rings. The minimum Gasteiger partial charge on any atom is -0.492 e. The number of aromatic nitrogens is 5. The number of benzene rings is 2. The molecule has 0 radical (unpaired) electrons. The Balaban J connectivity index is 1.45. The van der Waals surface area contributed by atoms with E-state index in [-0.39, 0.29) is 0 Å². The lowest BCUT2D eigenvalue weighted by Crippen LogP contribution is -2.15. The molecule has 0 bridgehead atoms. The Labute approximate surface area is 150 Å². The summed E-state index contributed by atoms with van der Waals surface area (Å²) in [6.45, 7) is 1.44. The number of ether oxygens (including phenoxy) is 1. The Hall–Kier alpha value is -3.39. The zero-order valence-corrected chi connectivity index (χ0v) is 14.3. The molecule has 4 aromatic rings. The molecule has 0 spiro atoms. The minimum absolute atomic E-state index is 0.581. The van der Waals surface area contributed by atoms with Crippen molar-refractivity contribution in [2.24, 2.45) is 0 Å². The quantitative estimate of drug-likeness (QED) is 0.383. The summed E-state index contributed by atoms with van der Waals surface area (Å²) in [7, 11) is 1.90. The molecule has 0 saturated heterocycles. The predicted molar refractivity (Wildman–Crippen MR) is 101 cm³/mol. The molecule has 4 N–H and O–H groups in total. The molecule has 0 aliphatic heterocycles. The highest BCUT2D eigenvalue weighted by Crippen LogP contribution is 2.22. The van der Waals surface area contributed by atoms with Gasteiger partial charge in [-0.1, -0.05) is 0 Å². The number of anilines is 2. The van der Waals surface area contributed by atoms with Crippen molar-refractivity contribution in [2.75, 3.05) is 25.5 Å². The van der Waals surface area contributed by atoms with Crippen molar-refractivity contribution >= 4 is 22.5 Å². The van der Waals surface area contributed by atoms with E-state index in [2.05, 4.69) is 36.0 Å². The predicted octanol–water partition coefficient (Wildman–Crippen LogP) is 2.69. The van der Waals surface area contributed by atoms with Gasteiger partial charge in [0.15, 0.2) is 5.82 Å². The second-order valence-electron chi connectivity index (χ2n) is 5.80. The lowest BCUT2D eigenvalue weighted by Gasteiger charge is -2.05. The van der Waals surface area contributed by atoms with Crippen LogP contribution >= 0.6 is 0 Å². The number of aromatic amines is 2. The average molecular weight is 349 g/mol. The van der Waals surface area contributed by atoms with Crippen LogP contribution in [0.1, 0.15) is 0 Å². The summed E-state index contributed by atoms with van der Waals surface area (Å²) < 4.78 is 5.62. The van der Waals surface area contributed by atoms with Crippen LogP contribution in [0.25, 0.3) is 22.3 Å². The van der Waals surface area contributed by atoms with E-state index in [4.69, 9.17) is 4.74 Å². The lowest BCUT2D eigenvalue weighted by atomic mass is 10.2. The lowest BCUT2D eigenvalue weighted by molar-refractivity contribution is 0.318. The smallest absolute Gasteiger partial charge is 0.226 e. The zero-order chi connectivity index (χ0) is 17.8. The van der Waals surface area contributed by atoms with Crippen molar-refractivity contribution in [3.63, 3.8) is 0 Å². The van der Waals surface area contributed by atoms with Crippen LogP contribution in [0.4, 0.5) is 11.6 Å². The number of likely N-dealkylation sites (N-methyl/N-ethyl adjacent to an activating group) is 1. The molecule has 0 saturated carbocycles. The SMILES string of the molecule is CNCCOc1ccc(-c2nnc(Nc3ccc4[nH]ncc4c3)[nH]2)cc1. The Bertz CT molecular complexity index is 990. The van der Waals surface area contributed by atoms with E-state index >= 15 is 0 Å². The van der Waals surface area contributed by atoms with Gasteiger partial charge in [0.2, 0.25) is 5.95 Å². The number of nitrogens with zero attached hydrogens (tertiary/aromatic N) is 3. The van der Waals surface area contributed by atoms with Crippen molar-refractivity contribution in [1.82, 2.24) is 30.7 Å². The van der Waals surface area contributed by atoms with E-state index in [1.54, 1.807) is 6.20 Å². The molecule has 26 heavy (non-hydrogen) atoms. The maximum atomic E-state index is 5.62. The Kier molecular flexibility index (Phi) is 4.48. The molecule has 8 heteroatoms. The fraction of sp³-hybridized carbons (Fsp3) is 0.167. The van der Waals surface area contributed by atoms with Crippen LogP contribution < -0.4 is 15.4 Å². The molecule has 8 nitrogen and oxygen atoms in total. The first-order valence-corrected chi connectivity index (χ1v) is 8.32. The van der Waals surface area contributed by atoms with Crippen molar-refractivity contribution in [3.8, 4) is 17.1 Å². The third-order valence-electron chi connectivity index (χ3n) is 3.94. The fourth-order valence-corrected chi connectivity index (χ4v) is 2.59. The van der Waals surface area contributed by atoms with Crippen molar-refractivity contribution in [2.45, 2.75) is 0 Å². The van der Waals surface area contributed by atoms with E-state index in [0.29, 0.717) is 18.4 Å². The highest BCUT2D eigenvalue weighted by molar-refractivity contribution is 5.82. The van der Waals surface area contributed by atoms with E-state index in [9.17, 15) is 0 Å². The normalized spacial score (nSPS) is 11.0. The van der Waals surface area contributed by atoms with Gasteiger partial charge in [-0.05, 0) is 49.5 Å². The fourth-order valence-electron chi connectivity index (χ4n) is 2.59. The molecule has 0 aliphatic rings. The van der Waals surface area contributed by atoms with Crippen LogP contribution in [0.3, 0.4) is 0 Å². The van der Waals surface area contributed by atoms with Crippen LogP contribution in [0, 0.1) is 0 Å². The van der Waals surface area contributed by atoms with Gasteiger partial charge in [0.25, 0.3) is 0 Å². The number of H-pyrrole nitrogens is 2. The second-order valence-corrected chi connectivity index (χ2v) is 5.80. The highest BCUT2D eigenvalue weighted by Gasteiger charge is 2.07. The monoisotopic (exact) mass is 349 g/mol. The van der Waals surface area contributed by atoms with Gasteiger partial charge in [-0.25, -0.2) is 0 Å². The van der Waals surface area contributed by atoms with Crippen LogP contribution in [-0.4, -0.2) is 45.6 Å². The molecule has 0 aliphatic carbocycles. The van der Waals surface area contributed by atoms with Crippen molar-refractivity contribution in [3.05, 3.63) is 48.7 Å². The molecule has 0 amide bonds. The van der Waals surface area contributed by atoms with E-state index in [1.165, 1.54) is 0 Å². The van der Waals surface area contributed by atoms with Crippen LogP contribution in [-0.2, 0) is 0 Å². The van der Waals surface area contributed by atoms with Gasteiger partial charge in [-0.3, -0.25) is 5.10 Å². The third kappa shape index (κ3) is 3.50. The standard InChI is InChI=1S/C18H19N7O/c1-19-8-9-26-15-5-2-12(3-6-15)17-22-18(25-24-17)21-14-4-7-16-13(10-14)11-20-23-16/h2-7,10-11,19H,8-9H2,1H3,(H,20,23)(H2,21,22,24,25). The van der Waals surface area contributed by atoms with Crippen LogP contribution in [0.5, 0.6) is 5.75 Å². The van der Waals surface area contributed by atoms with Gasteiger partial charge >= 0.3 is 0 Å². The molecule has 4 rings (SSSR count). The van der Waals surface area contributed by atoms with Gasteiger partial charge < -0.3 is 20.4 Å². The maximum absolute atomic E-state index is 5.62. The molecule has 2 aromatic carbocycles. The third-order valence-corrected chi connectivity index (χ3v) is 3.94.